The van der Waals surface area contributed by atoms with Crippen LogP contribution in [0.1, 0.15) is 201 Å². The molecule has 1 aliphatic heterocycles. The van der Waals surface area contributed by atoms with Crippen molar-refractivity contribution >= 4 is 17.7 Å². The lowest BCUT2D eigenvalue weighted by atomic mass is 9.97. The molecule has 318 valence electrons. The topological polar surface area (TPSA) is 166 Å². The van der Waals surface area contributed by atoms with Crippen molar-refractivity contribution in [2.75, 3.05) is 19.8 Å². The van der Waals surface area contributed by atoms with Crippen LogP contribution < -0.4 is 16.0 Å². The Balaban J connectivity index is 2.49. The first-order chi connectivity index (χ1) is 26.2. The van der Waals surface area contributed by atoms with Gasteiger partial charge in [0.2, 0.25) is 17.7 Å². The van der Waals surface area contributed by atoms with E-state index in [1.165, 1.54) is 142 Å². The quantitative estimate of drug-likeness (QED) is 0.0356. The summed E-state index contributed by atoms with van der Waals surface area (Å²) >= 11 is 0. The summed E-state index contributed by atoms with van der Waals surface area (Å²) in [6.07, 6.45) is 28.2. The maximum Gasteiger partial charge on any atom is 0.244 e. The minimum Gasteiger partial charge on any atom is -0.394 e. The number of unbranched alkanes of at least 4 members (excludes halogenated alkanes) is 25. The van der Waals surface area contributed by atoms with E-state index in [1.807, 2.05) is 0 Å². The number of carbonyl (C=O) groups is 3. The van der Waals surface area contributed by atoms with E-state index in [0.29, 0.717) is 13.0 Å². The second-order valence-corrected chi connectivity index (χ2v) is 15.8. The van der Waals surface area contributed by atoms with Gasteiger partial charge in [0.25, 0.3) is 0 Å². The fourth-order valence-electron chi connectivity index (χ4n) is 7.21. The number of ether oxygens (including phenoxy) is 2. The lowest BCUT2D eigenvalue weighted by Crippen LogP contribution is -2.65. The predicted octanol–water partition coefficient (Wildman–Crippen LogP) is 7.51. The van der Waals surface area contributed by atoms with Gasteiger partial charge in [-0.15, -0.1) is 0 Å². The van der Waals surface area contributed by atoms with Gasteiger partial charge in [0.15, 0.2) is 6.29 Å². The van der Waals surface area contributed by atoms with Crippen LogP contribution in [0.5, 0.6) is 0 Å². The highest BCUT2D eigenvalue weighted by Crippen LogP contribution is 2.23. The van der Waals surface area contributed by atoms with E-state index in [4.69, 9.17) is 9.47 Å². The molecule has 0 spiro atoms. The first kappa shape index (κ1) is 50.2. The molecule has 3 amide bonds. The smallest absolute Gasteiger partial charge is 0.244 e. The van der Waals surface area contributed by atoms with E-state index < -0.39 is 49.2 Å². The average Bonchev–Trinajstić information content (AvgIpc) is 3.15. The number of nitrogens with one attached hydrogen (secondary N) is 3. The Bertz CT molecular complexity index is 925. The third-order valence-electron chi connectivity index (χ3n) is 10.7. The molecule has 0 aromatic carbocycles. The molecule has 0 unspecified atom stereocenters. The van der Waals surface area contributed by atoms with Gasteiger partial charge in [0.1, 0.15) is 30.4 Å². The molecule has 54 heavy (non-hydrogen) atoms. The molecule has 1 fully saturated rings. The summed E-state index contributed by atoms with van der Waals surface area (Å²) in [5.41, 5.74) is 0. The minimum absolute atomic E-state index is 0.245. The summed E-state index contributed by atoms with van der Waals surface area (Å²) in [7, 11) is 0. The van der Waals surface area contributed by atoms with Crippen LogP contribution in [0.4, 0.5) is 0 Å². The highest BCUT2D eigenvalue weighted by atomic mass is 16.7. The van der Waals surface area contributed by atoms with E-state index in [0.717, 1.165) is 38.5 Å². The summed E-state index contributed by atoms with van der Waals surface area (Å²) in [5.74, 6) is -1.10. The Morgan fingerprint density at radius 1 is 0.630 bits per heavy atom. The van der Waals surface area contributed by atoms with Gasteiger partial charge in [-0.2, -0.15) is 0 Å². The van der Waals surface area contributed by atoms with Gasteiger partial charge in [0.05, 0.1) is 13.2 Å². The lowest BCUT2D eigenvalue weighted by Gasteiger charge is -2.42. The standard InChI is InChI=1S/C43H83N3O8/c1-4-6-8-10-12-14-16-18-19-20-21-23-25-27-29-31-38(49)46-36(34-53-43-39(45-35(3)48)41(51)40(50)37(33-47)54-43)42(52)44-32-30-28-26-24-22-17-15-13-11-9-7-5-2/h36-37,39-41,43,47,50-51H,4-34H2,1-3H3,(H,44,52)(H,45,48)(H,46,49)/t36-,37+,39+,40+,41+,43+/m0/s1. The molecule has 0 radical (unpaired) electrons. The van der Waals surface area contributed by atoms with Crippen molar-refractivity contribution in [1.82, 2.24) is 16.0 Å². The lowest BCUT2D eigenvalue weighted by molar-refractivity contribution is -0.271. The maximum atomic E-state index is 13.3. The summed E-state index contributed by atoms with van der Waals surface area (Å²) in [5, 5.41) is 38.9. The second-order valence-electron chi connectivity index (χ2n) is 15.8. The number of aliphatic hydroxyl groups is 3. The molecule has 1 saturated heterocycles. The molecule has 0 aromatic heterocycles. The fourth-order valence-corrected chi connectivity index (χ4v) is 7.21. The fraction of sp³-hybridized carbons (Fsp3) is 0.930. The summed E-state index contributed by atoms with van der Waals surface area (Å²) in [4.78, 5) is 38.2. The van der Waals surface area contributed by atoms with Crippen LogP contribution in [-0.4, -0.2) is 89.5 Å². The van der Waals surface area contributed by atoms with Crippen molar-refractivity contribution in [3.05, 3.63) is 0 Å². The molecule has 11 heteroatoms. The molecule has 6 N–H and O–H groups in total. The highest BCUT2D eigenvalue weighted by molar-refractivity contribution is 5.87. The summed E-state index contributed by atoms with van der Waals surface area (Å²) < 4.78 is 11.6. The summed E-state index contributed by atoms with van der Waals surface area (Å²) in [6.45, 7) is 5.38. The van der Waals surface area contributed by atoms with Gasteiger partial charge in [0, 0.05) is 19.9 Å². The Kier molecular flexibility index (Phi) is 32.1. The van der Waals surface area contributed by atoms with Gasteiger partial charge < -0.3 is 40.7 Å². The van der Waals surface area contributed by atoms with Gasteiger partial charge >= 0.3 is 0 Å². The van der Waals surface area contributed by atoms with Crippen molar-refractivity contribution < 1.29 is 39.2 Å². The normalized spacial score (nSPS) is 20.4. The molecular formula is C43H83N3O8. The van der Waals surface area contributed by atoms with Crippen LogP contribution >= 0.6 is 0 Å². The van der Waals surface area contributed by atoms with Crippen LogP contribution in [0.2, 0.25) is 0 Å². The maximum absolute atomic E-state index is 13.3. The van der Waals surface area contributed by atoms with Crippen molar-refractivity contribution in [2.45, 2.75) is 237 Å². The Morgan fingerprint density at radius 2 is 1.06 bits per heavy atom. The van der Waals surface area contributed by atoms with Crippen LogP contribution in [0.3, 0.4) is 0 Å². The molecule has 0 saturated carbocycles. The molecule has 0 aromatic rings. The third-order valence-corrected chi connectivity index (χ3v) is 10.7. The number of hydrogen-bond acceptors (Lipinski definition) is 8. The van der Waals surface area contributed by atoms with Crippen LogP contribution in [-0.2, 0) is 23.9 Å². The van der Waals surface area contributed by atoms with Crippen molar-refractivity contribution in [1.29, 1.82) is 0 Å². The van der Waals surface area contributed by atoms with E-state index in [2.05, 4.69) is 29.8 Å². The van der Waals surface area contributed by atoms with Gasteiger partial charge in [-0.1, -0.05) is 174 Å². The molecule has 0 aliphatic carbocycles. The van der Waals surface area contributed by atoms with E-state index >= 15 is 0 Å². The van der Waals surface area contributed by atoms with Crippen molar-refractivity contribution in [2.24, 2.45) is 0 Å². The van der Waals surface area contributed by atoms with E-state index in [9.17, 15) is 29.7 Å². The van der Waals surface area contributed by atoms with Crippen molar-refractivity contribution in [3.8, 4) is 0 Å². The zero-order valence-electron chi connectivity index (χ0n) is 34.8. The van der Waals surface area contributed by atoms with Gasteiger partial charge in [-0.05, 0) is 12.8 Å². The monoisotopic (exact) mass is 770 g/mol. The van der Waals surface area contributed by atoms with E-state index in [1.54, 1.807) is 0 Å². The largest absolute Gasteiger partial charge is 0.394 e. The molecule has 6 atom stereocenters. The number of carbonyl (C=O) groups excluding carboxylic acids is 3. The SMILES string of the molecule is CCCCCCCCCCCCCCCCCC(=O)N[C@@H](CO[C@@H]1O[C@H](CO)[C@@H](O)[C@H](O)[C@H]1NC(C)=O)C(=O)NCCCCCCCCCCCCCC. The molecule has 1 rings (SSSR count). The average molecular weight is 770 g/mol. The van der Waals surface area contributed by atoms with E-state index in [-0.39, 0.29) is 18.4 Å². The Labute approximate surface area is 329 Å². The number of rotatable bonds is 36. The zero-order valence-corrected chi connectivity index (χ0v) is 34.8. The first-order valence-electron chi connectivity index (χ1n) is 22.3. The Morgan fingerprint density at radius 3 is 1.48 bits per heavy atom. The first-order valence-corrected chi connectivity index (χ1v) is 22.3. The Hall–Kier alpha value is -1.79. The molecule has 11 nitrogen and oxygen atoms in total. The third kappa shape index (κ3) is 25.4. The van der Waals surface area contributed by atoms with Crippen LogP contribution in [0.25, 0.3) is 0 Å². The molecule has 1 heterocycles. The van der Waals surface area contributed by atoms with Crippen LogP contribution in [0.15, 0.2) is 0 Å². The molecular weight excluding hydrogens is 686 g/mol. The number of aliphatic hydroxyl groups excluding tert-OH is 3. The highest BCUT2D eigenvalue weighted by Gasteiger charge is 2.45. The molecule has 1 aliphatic rings. The number of hydrogen-bond donors (Lipinski definition) is 6. The van der Waals surface area contributed by atoms with Gasteiger partial charge in [-0.3, -0.25) is 14.4 Å². The number of amides is 3. The summed E-state index contributed by atoms with van der Waals surface area (Å²) in [6, 6.07) is -2.16. The van der Waals surface area contributed by atoms with Gasteiger partial charge in [-0.25, -0.2) is 0 Å². The minimum atomic E-state index is -1.47. The second kappa shape index (κ2) is 34.5. The predicted molar refractivity (Wildman–Crippen MR) is 217 cm³/mol. The van der Waals surface area contributed by atoms with Crippen molar-refractivity contribution in [3.63, 3.8) is 0 Å². The van der Waals surface area contributed by atoms with Crippen LogP contribution in [0, 0.1) is 0 Å². The molecule has 0 bridgehead atoms. The zero-order chi connectivity index (χ0) is 39.7.